The van der Waals surface area contributed by atoms with E-state index in [9.17, 15) is 29.1 Å². The first-order valence-electron chi connectivity index (χ1n) is 20.0. The highest BCUT2D eigenvalue weighted by molar-refractivity contribution is 5.99. The van der Waals surface area contributed by atoms with Gasteiger partial charge < -0.3 is 26.8 Å². The second-order valence-corrected chi connectivity index (χ2v) is 13.7. The van der Waals surface area contributed by atoms with Crippen molar-refractivity contribution in [3.8, 4) is 0 Å². The van der Waals surface area contributed by atoms with Crippen LogP contribution in [0.4, 0.5) is 0 Å². The Hall–Kier alpha value is -2.53. The van der Waals surface area contributed by atoms with Gasteiger partial charge in [-0.2, -0.15) is 0 Å². The Morgan fingerprint density at radius 2 is 0.840 bits per heavy atom. The number of rotatable bonds is 34. The molecule has 0 rings (SSSR count). The maximum atomic E-state index is 13.0. The maximum absolute atomic E-state index is 13.0. The molecule has 0 radical (unpaired) electrons. The molecule has 0 unspecified atom stereocenters. The Morgan fingerprint density at radius 3 is 1.14 bits per heavy atom. The van der Waals surface area contributed by atoms with Crippen LogP contribution in [0.5, 0.6) is 0 Å². The quantitative estimate of drug-likeness (QED) is 0.0402. The minimum absolute atomic E-state index is 0.123. The number of carboxylic acids is 3. The van der Waals surface area contributed by atoms with Crippen molar-refractivity contribution in [2.45, 2.75) is 212 Å². The summed E-state index contributed by atoms with van der Waals surface area (Å²) in [6, 6.07) is -2.14. The summed E-state index contributed by atoms with van der Waals surface area (Å²) in [5.74, 6) is -4.36. The SMILES string of the molecule is CCCCCCCCCCCCCC(=O)N(C(=O)CCCCCCCCCCCCC)[C@@H](CCC(=O)O)C(=O)O.NCCCC[C@H](N)C(=O)O. The van der Waals surface area contributed by atoms with Crippen LogP contribution < -0.4 is 11.5 Å². The number of nitrogens with two attached hydrogens (primary N) is 2. The summed E-state index contributed by atoms with van der Waals surface area (Å²) in [6.45, 7) is 5.04. The zero-order chi connectivity index (χ0) is 37.8. The molecule has 2 atom stereocenters. The highest BCUT2D eigenvalue weighted by Crippen LogP contribution is 2.18. The van der Waals surface area contributed by atoms with Crippen LogP contribution in [0.3, 0.4) is 0 Å². The van der Waals surface area contributed by atoms with E-state index in [1.165, 1.54) is 89.9 Å². The molecule has 0 aliphatic heterocycles. The number of hydrogen-bond acceptors (Lipinski definition) is 7. The molecule has 11 nitrogen and oxygen atoms in total. The van der Waals surface area contributed by atoms with Crippen molar-refractivity contribution in [3.05, 3.63) is 0 Å². The summed E-state index contributed by atoms with van der Waals surface area (Å²) in [7, 11) is 0. The predicted octanol–water partition coefficient (Wildman–Crippen LogP) is 8.59. The lowest BCUT2D eigenvalue weighted by Gasteiger charge is -2.27. The topological polar surface area (TPSA) is 201 Å². The third-order valence-corrected chi connectivity index (χ3v) is 9.04. The lowest BCUT2D eigenvalue weighted by atomic mass is 10.0. The second kappa shape index (κ2) is 36.3. The van der Waals surface area contributed by atoms with Crippen molar-refractivity contribution in [3.63, 3.8) is 0 Å². The van der Waals surface area contributed by atoms with E-state index in [0.29, 0.717) is 25.8 Å². The average molecular weight is 714 g/mol. The minimum Gasteiger partial charge on any atom is -0.481 e. The summed E-state index contributed by atoms with van der Waals surface area (Å²) >= 11 is 0. The molecule has 0 fully saturated rings. The number of unbranched alkanes of at least 4 members (excludes halogenated alkanes) is 21. The molecule has 0 aliphatic carbocycles. The number of aliphatic carboxylic acids is 3. The van der Waals surface area contributed by atoms with Crippen LogP contribution in [0.2, 0.25) is 0 Å². The fraction of sp³-hybridized carbons (Fsp3) is 0.872. The highest BCUT2D eigenvalue weighted by atomic mass is 16.4. The van der Waals surface area contributed by atoms with Gasteiger partial charge in [-0.1, -0.05) is 149 Å². The van der Waals surface area contributed by atoms with Crippen LogP contribution in [-0.2, 0) is 24.0 Å². The van der Waals surface area contributed by atoms with Crippen molar-refractivity contribution in [2.24, 2.45) is 11.5 Å². The third-order valence-electron chi connectivity index (χ3n) is 9.04. The second-order valence-electron chi connectivity index (χ2n) is 13.7. The van der Waals surface area contributed by atoms with Crippen molar-refractivity contribution in [1.29, 1.82) is 0 Å². The van der Waals surface area contributed by atoms with Gasteiger partial charge in [0.2, 0.25) is 11.8 Å². The first-order valence-corrected chi connectivity index (χ1v) is 20.0. The van der Waals surface area contributed by atoms with E-state index in [4.69, 9.17) is 21.7 Å². The first kappa shape index (κ1) is 49.6. The van der Waals surface area contributed by atoms with Crippen molar-refractivity contribution < 1.29 is 39.3 Å². The van der Waals surface area contributed by atoms with Gasteiger partial charge in [-0.25, -0.2) is 4.79 Å². The van der Waals surface area contributed by atoms with Crippen LogP contribution in [-0.4, -0.2) is 68.6 Å². The van der Waals surface area contributed by atoms with Crippen LogP contribution in [0, 0.1) is 0 Å². The first-order chi connectivity index (χ1) is 24.0. The molecule has 0 saturated heterocycles. The standard InChI is InChI=1S/C33H61NO6.C6H14N2O2/c1-3-5-7-9-11-13-15-17-19-21-23-25-30(35)34(29(33(39)40)27-28-32(37)38)31(36)26-24-22-20-18-16-14-12-10-8-6-4-2;7-4-2-1-3-5(8)6(9)10/h29H,3-28H2,1-2H3,(H,37,38)(H,39,40);5H,1-4,7-8H2,(H,9,10)/t29-;5-/m00/s1. The number of imide groups is 1. The van der Waals surface area contributed by atoms with E-state index in [-0.39, 0.29) is 19.3 Å². The van der Waals surface area contributed by atoms with E-state index in [0.717, 1.165) is 56.3 Å². The van der Waals surface area contributed by atoms with E-state index >= 15 is 0 Å². The van der Waals surface area contributed by atoms with Gasteiger partial charge in [0.25, 0.3) is 0 Å². The Balaban J connectivity index is 0. The Morgan fingerprint density at radius 1 is 0.480 bits per heavy atom. The van der Waals surface area contributed by atoms with Gasteiger partial charge in [-0.15, -0.1) is 0 Å². The van der Waals surface area contributed by atoms with Gasteiger partial charge in [0, 0.05) is 19.3 Å². The number of nitrogens with zero attached hydrogens (tertiary/aromatic N) is 1. The molecule has 0 heterocycles. The van der Waals surface area contributed by atoms with Gasteiger partial charge >= 0.3 is 17.9 Å². The number of carbonyl (C=O) groups is 5. The van der Waals surface area contributed by atoms with E-state index in [2.05, 4.69) is 13.8 Å². The Labute approximate surface area is 303 Å². The highest BCUT2D eigenvalue weighted by Gasteiger charge is 2.34. The number of amides is 2. The summed E-state index contributed by atoms with van der Waals surface area (Å²) in [5, 5.41) is 27.1. The molecule has 294 valence electrons. The fourth-order valence-electron chi connectivity index (χ4n) is 5.86. The van der Waals surface area contributed by atoms with E-state index in [1.54, 1.807) is 0 Å². The van der Waals surface area contributed by atoms with Crippen molar-refractivity contribution >= 4 is 29.7 Å². The molecule has 0 aromatic carbocycles. The molecular formula is C39H75N3O8. The largest absolute Gasteiger partial charge is 0.481 e. The zero-order valence-corrected chi connectivity index (χ0v) is 31.9. The zero-order valence-electron chi connectivity index (χ0n) is 31.9. The molecule has 7 N–H and O–H groups in total. The van der Waals surface area contributed by atoms with Crippen molar-refractivity contribution in [1.82, 2.24) is 4.90 Å². The van der Waals surface area contributed by atoms with Gasteiger partial charge in [0.05, 0.1) is 0 Å². The monoisotopic (exact) mass is 714 g/mol. The normalized spacial score (nSPS) is 12.1. The molecule has 50 heavy (non-hydrogen) atoms. The summed E-state index contributed by atoms with van der Waals surface area (Å²) < 4.78 is 0. The lowest BCUT2D eigenvalue weighted by molar-refractivity contribution is -0.159. The molecule has 0 aromatic heterocycles. The summed E-state index contributed by atoms with van der Waals surface area (Å²) in [6.07, 6.45) is 26.8. The van der Waals surface area contributed by atoms with Gasteiger partial charge in [-0.05, 0) is 38.6 Å². The lowest BCUT2D eigenvalue weighted by Crippen LogP contribution is -2.48. The molecule has 11 heteroatoms. The van der Waals surface area contributed by atoms with Crippen LogP contribution in [0.15, 0.2) is 0 Å². The van der Waals surface area contributed by atoms with Crippen molar-refractivity contribution in [2.75, 3.05) is 6.54 Å². The van der Waals surface area contributed by atoms with E-state index < -0.39 is 48.2 Å². The Kier molecular flexibility index (Phi) is 36.0. The molecule has 0 spiro atoms. The summed E-state index contributed by atoms with van der Waals surface area (Å²) in [5.41, 5.74) is 10.4. The van der Waals surface area contributed by atoms with Crippen LogP contribution in [0.25, 0.3) is 0 Å². The minimum atomic E-state index is -1.42. The molecular weight excluding hydrogens is 638 g/mol. The predicted molar refractivity (Wildman–Crippen MR) is 201 cm³/mol. The fourth-order valence-corrected chi connectivity index (χ4v) is 5.86. The smallest absolute Gasteiger partial charge is 0.326 e. The number of carbonyl (C=O) groups excluding carboxylic acids is 2. The number of hydrogen-bond donors (Lipinski definition) is 5. The summed E-state index contributed by atoms with van der Waals surface area (Å²) in [4.78, 5) is 60.1. The molecule has 0 bridgehead atoms. The molecule has 0 aromatic rings. The van der Waals surface area contributed by atoms with Crippen LogP contribution in [0.1, 0.15) is 200 Å². The van der Waals surface area contributed by atoms with Gasteiger partial charge in [0.1, 0.15) is 12.1 Å². The van der Waals surface area contributed by atoms with Crippen LogP contribution >= 0.6 is 0 Å². The molecule has 0 saturated carbocycles. The van der Waals surface area contributed by atoms with E-state index in [1.807, 2.05) is 0 Å². The maximum Gasteiger partial charge on any atom is 0.326 e. The number of carboxylic acid groups (broad SMARTS) is 3. The third kappa shape index (κ3) is 31.5. The Bertz CT molecular complexity index is 832. The molecule has 0 aliphatic rings. The average Bonchev–Trinajstić information content (AvgIpc) is 3.07. The van der Waals surface area contributed by atoms with Gasteiger partial charge in [0.15, 0.2) is 0 Å². The van der Waals surface area contributed by atoms with Gasteiger partial charge in [-0.3, -0.25) is 24.1 Å². The molecule has 2 amide bonds.